The molecule has 0 saturated carbocycles. The van der Waals surface area contributed by atoms with Crippen LogP contribution in [0.3, 0.4) is 0 Å². The molecule has 1 aromatic heterocycles. The molecule has 1 aromatic carbocycles. The lowest BCUT2D eigenvalue weighted by atomic mass is 10.3. The Morgan fingerprint density at radius 1 is 1.15 bits per heavy atom. The fraction of sp³-hybridized carbons (Fsp3) is 0.154. The zero-order valence-electron chi connectivity index (χ0n) is 10.1. The van der Waals surface area contributed by atoms with Crippen LogP contribution in [0.15, 0.2) is 45.7 Å². The van der Waals surface area contributed by atoms with Crippen molar-refractivity contribution in [1.29, 1.82) is 5.26 Å². The van der Waals surface area contributed by atoms with Crippen molar-refractivity contribution in [1.82, 2.24) is 0 Å². The number of nitrogens with one attached hydrogen (secondary N) is 1. The summed E-state index contributed by atoms with van der Waals surface area (Å²) in [7, 11) is 0. The quantitative estimate of drug-likeness (QED) is 0.851. The topological polar surface area (TPSA) is 49.0 Å². The summed E-state index contributed by atoms with van der Waals surface area (Å²) >= 11 is -0.152. The SMILES string of the molecule is N#Cc1ccc(CNc2ccc(SC(F)(F)F)cc2)o1. The highest BCUT2D eigenvalue weighted by molar-refractivity contribution is 8.00. The molecule has 0 unspecified atom stereocenters. The van der Waals surface area contributed by atoms with Crippen LogP contribution in [-0.4, -0.2) is 5.51 Å². The number of hydrogen-bond acceptors (Lipinski definition) is 4. The molecule has 7 heteroatoms. The number of nitriles is 1. The Labute approximate surface area is 117 Å². The molecule has 0 atom stereocenters. The second-order valence-electron chi connectivity index (χ2n) is 3.80. The van der Waals surface area contributed by atoms with Gasteiger partial charge < -0.3 is 9.73 Å². The van der Waals surface area contributed by atoms with Crippen molar-refractivity contribution in [2.24, 2.45) is 0 Å². The number of hydrogen-bond donors (Lipinski definition) is 1. The van der Waals surface area contributed by atoms with Crippen molar-refractivity contribution in [3.8, 4) is 6.07 Å². The van der Waals surface area contributed by atoms with Gasteiger partial charge in [-0.2, -0.15) is 18.4 Å². The molecule has 3 nitrogen and oxygen atoms in total. The van der Waals surface area contributed by atoms with Gasteiger partial charge in [-0.15, -0.1) is 0 Å². The van der Waals surface area contributed by atoms with Gasteiger partial charge in [-0.1, -0.05) is 0 Å². The van der Waals surface area contributed by atoms with Crippen LogP contribution in [0.2, 0.25) is 0 Å². The van der Waals surface area contributed by atoms with Crippen molar-refractivity contribution in [2.75, 3.05) is 5.32 Å². The standard InChI is InChI=1S/C13H9F3N2OS/c14-13(15,16)20-12-5-1-9(2-6-12)18-8-11-4-3-10(7-17)19-11/h1-6,18H,8H2. The molecule has 0 saturated heterocycles. The predicted octanol–water partition coefficient (Wildman–Crippen LogP) is 4.38. The minimum absolute atomic E-state index is 0.132. The molecule has 0 fully saturated rings. The minimum atomic E-state index is -4.28. The van der Waals surface area contributed by atoms with E-state index in [9.17, 15) is 13.2 Å². The molecular weight excluding hydrogens is 289 g/mol. The third-order valence-corrected chi connectivity index (χ3v) is 3.07. The Morgan fingerprint density at radius 2 is 1.85 bits per heavy atom. The molecule has 0 amide bonds. The van der Waals surface area contributed by atoms with Crippen molar-refractivity contribution in [3.63, 3.8) is 0 Å². The molecule has 20 heavy (non-hydrogen) atoms. The number of nitrogens with zero attached hydrogens (tertiary/aromatic N) is 1. The maximum atomic E-state index is 12.2. The highest BCUT2D eigenvalue weighted by Crippen LogP contribution is 2.37. The number of furan rings is 1. The maximum Gasteiger partial charge on any atom is 0.446 e. The highest BCUT2D eigenvalue weighted by Gasteiger charge is 2.28. The van der Waals surface area contributed by atoms with Crippen LogP contribution in [0.25, 0.3) is 0 Å². The molecule has 2 aromatic rings. The molecule has 0 aliphatic heterocycles. The number of benzene rings is 1. The number of alkyl halides is 3. The molecule has 0 radical (unpaired) electrons. The molecule has 0 spiro atoms. The van der Waals surface area contributed by atoms with Crippen molar-refractivity contribution >= 4 is 17.4 Å². The molecule has 0 aliphatic carbocycles. The molecule has 1 N–H and O–H groups in total. The monoisotopic (exact) mass is 298 g/mol. The van der Waals surface area contributed by atoms with Gasteiger partial charge in [0.15, 0.2) is 0 Å². The van der Waals surface area contributed by atoms with Gasteiger partial charge in [-0.3, -0.25) is 0 Å². The smallest absolute Gasteiger partial charge is 0.446 e. The van der Waals surface area contributed by atoms with Gasteiger partial charge in [-0.05, 0) is 48.2 Å². The Bertz CT molecular complexity index is 614. The van der Waals surface area contributed by atoms with E-state index < -0.39 is 5.51 Å². The molecular formula is C13H9F3N2OS. The second-order valence-corrected chi connectivity index (χ2v) is 4.94. The zero-order valence-corrected chi connectivity index (χ0v) is 10.9. The molecule has 0 aliphatic rings. The predicted molar refractivity (Wildman–Crippen MR) is 69.1 cm³/mol. The fourth-order valence-electron chi connectivity index (χ4n) is 1.50. The lowest BCUT2D eigenvalue weighted by molar-refractivity contribution is -0.0328. The summed E-state index contributed by atoms with van der Waals surface area (Å²) in [6.07, 6.45) is 0. The molecule has 1 heterocycles. The first-order chi connectivity index (χ1) is 9.46. The summed E-state index contributed by atoms with van der Waals surface area (Å²) in [5.74, 6) is 0.800. The Morgan fingerprint density at radius 3 is 2.40 bits per heavy atom. The van der Waals surface area contributed by atoms with Gasteiger partial charge in [0, 0.05) is 10.6 Å². The van der Waals surface area contributed by atoms with Crippen LogP contribution in [-0.2, 0) is 6.54 Å². The first kappa shape index (κ1) is 14.3. The zero-order chi connectivity index (χ0) is 14.6. The van der Waals surface area contributed by atoms with Crippen LogP contribution in [0, 0.1) is 11.3 Å². The summed E-state index contributed by atoms with van der Waals surface area (Å²) in [6.45, 7) is 0.355. The number of anilines is 1. The fourth-order valence-corrected chi connectivity index (χ4v) is 2.04. The van der Waals surface area contributed by atoms with Crippen LogP contribution in [0.1, 0.15) is 11.5 Å². The maximum absolute atomic E-state index is 12.2. The summed E-state index contributed by atoms with van der Waals surface area (Å²) in [5.41, 5.74) is -3.61. The van der Waals surface area contributed by atoms with Crippen LogP contribution in [0.5, 0.6) is 0 Å². The van der Waals surface area contributed by atoms with Gasteiger partial charge >= 0.3 is 5.51 Å². The van der Waals surface area contributed by atoms with E-state index in [4.69, 9.17) is 9.68 Å². The van der Waals surface area contributed by atoms with Crippen molar-refractivity contribution < 1.29 is 17.6 Å². The van der Waals surface area contributed by atoms with Crippen molar-refractivity contribution in [2.45, 2.75) is 16.9 Å². The Kier molecular flexibility index (Phi) is 4.25. The van der Waals surface area contributed by atoms with Crippen molar-refractivity contribution in [3.05, 3.63) is 47.9 Å². The first-order valence-electron chi connectivity index (χ1n) is 5.55. The summed E-state index contributed by atoms with van der Waals surface area (Å²) < 4.78 is 41.6. The number of thioether (sulfide) groups is 1. The van der Waals surface area contributed by atoms with E-state index in [1.165, 1.54) is 12.1 Å². The Hall–Kier alpha value is -2.07. The van der Waals surface area contributed by atoms with Gasteiger partial charge in [0.25, 0.3) is 0 Å². The average Bonchev–Trinajstić information content (AvgIpc) is 2.84. The third-order valence-electron chi connectivity index (χ3n) is 2.33. The number of halogens is 3. The van der Waals surface area contributed by atoms with Crippen LogP contribution >= 0.6 is 11.8 Å². The molecule has 0 bridgehead atoms. The van der Waals surface area contributed by atoms with E-state index in [1.807, 2.05) is 6.07 Å². The third kappa shape index (κ3) is 4.24. The van der Waals surface area contributed by atoms with Gasteiger partial charge in [0.1, 0.15) is 11.8 Å². The van der Waals surface area contributed by atoms with Gasteiger partial charge in [-0.25, -0.2) is 0 Å². The van der Waals surface area contributed by atoms with E-state index in [0.717, 1.165) is 0 Å². The molecule has 104 valence electrons. The van der Waals surface area contributed by atoms with E-state index in [1.54, 1.807) is 24.3 Å². The highest BCUT2D eigenvalue weighted by atomic mass is 32.2. The average molecular weight is 298 g/mol. The largest absolute Gasteiger partial charge is 0.449 e. The van der Waals surface area contributed by atoms with Gasteiger partial charge in [0.2, 0.25) is 5.76 Å². The number of rotatable bonds is 4. The lowest BCUT2D eigenvalue weighted by Crippen LogP contribution is -2.00. The van der Waals surface area contributed by atoms with Gasteiger partial charge in [0.05, 0.1) is 6.54 Å². The lowest BCUT2D eigenvalue weighted by Gasteiger charge is -2.07. The van der Waals surface area contributed by atoms with Crippen LogP contribution < -0.4 is 5.32 Å². The Balaban J connectivity index is 1.92. The van der Waals surface area contributed by atoms with E-state index in [-0.39, 0.29) is 22.4 Å². The summed E-state index contributed by atoms with van der Waals surface area (Å²) in [6, 6.07) is 11.0. The summed E-state index contributed by atoms with van der Waals surface area (Å²) in [4.78, 5) is 0.132. The normalized spacial score (nSPS) is 11.1. The van der Waals surface area contributed by atoms with E-state index in [2.05, 4.69) is 5.32 Å². The van der Waals surface area contributed by atoms with E-state index >= 15 is 0 Å². The molecule has 2 rings (SSSR count). The minimum Gasteiger partial charge on any atom is -0.449 e. The summed E-state index contributed by atoms with van der Waals surface area (Å²) in [5, 5.41) is 11.6. The second kappa shape index (κ2) is 5.92. The first-order valence-corrected chi connectivity index (χ1v) is 6.36. The van der Waals surface area contributed by atoms with E-state index in [0.29, 0.717) is 18.0 Å². The van der Waals surface area contributed by atoms with Crippen LogP contribution in [0.4, 0.5) is 18.9 Å².